The van der Waals surface area contributed by atoms with Crippen LogP contribution in [0.3, 0.4) is 0 Å². The molecule has 1 atom stereocenters. The summed E-state index contributed by atoms with van der Waals surface area (Å²) in [4.78, 5) is 23.8. The van der Waals surface area contributed by atoms with E-state index in [1.54, 1.807) is 7.05 Å². The van der Waals surface area contributed by atoms with Crippen molar-refractivity contribution in [3.8, 4) is 0 Å². The minimum atomic E-state index is -0.130. The Bertz CT molecular complexity index is 689. The molecule has 2 amide bonds. The number of hydrogen-bond donors (Lipinski definition) is 0. The number of hydrogen-bond acceptors (Lipinski definition) is 2. The van der Waals surface area contributed by atoms with Gasteiger partial charge < -0.3 is 0 Å². The van der Waals surface area contributed by atoms with Crippen molar-refractivity contribution in [3.05, 3.63) is 0 Å². The normalized spacial score (nSPS) is 17.2. The summed E-state index contributed by atoms with van der Waals surface area (Å²) in [6, 6.07) is 0. The molecule has 41 heavy (non-hydrogen) atoms. The predicted molar refractivity (Wildman–Crippen MR) is 187 cm³/mol. The quantitative estimate of drug-likeness (QED) is 0.266. The Morgan fingerprint density at radius 1 is 0.463 bits per heavy atom. The van der Waals surface area contributed by atoms with Crippen LogP contribution in [0.15, 0.2) is 0 Å². The number of amides is 2. The molecule has 1 aliphatic rings. The highest BCUT2D eigenvalue weighted by molar-refractivity contribution is 6.03. The van der Waals surface area contributed by atoms with Crippen molar-refractivity contribution in [2.45, 2.75) is 180 Å². The first-order valence-electron chi connectivity index (χ1n) is 16.1. The van der Waals surface area contributed by atoms with Gasteiger partial charge in [-0.1, -0.05) is 173 Å². The van der Waals surface area contributed by atoms with Crippen molar-refractivity contribution in [3.63, 3.8) is 0 Å². The minimum Gasteiger partial charge on any atom is -0.285 e. The van der Waals surface area contributed by atoms with Crippen LogP contribution in [0.2, 0.25) is 0 Å². The van der Waals surface area contributed by atoms with E-state index >= 15 is 0 Å². The van der Waals surface area contributed by atoms with Crippen molar-refractivity contribution >= 4 is 11.8 Å². The lowest BCUT2D eigenvalue weighted by Crippen LogP contribution is -2.41. The van der Waals surface area contributed by atoms with Gasteiger partial charge in [-0.3, -0.25) is 14.5 Å². The minimum absolute atomic E-state index is 0.0347. The molecule has 1 fully saturated rings. The molecule has 1 saturated heterocycles. The van der Waals surface area contributed by atoms with Crippen molar-refractivity contribution in [1.29, 1.82) is 0 Å². The van der Waals surface area contributed by atoms with Crippen molar-refractivity contribution in [2.24, 2.45) is 49.2 Å². The summed E-state index contributed by atoms with van der Waals surface area (Å²) in [6.07, 6.45) is 0.374. The highest BCUT2D eigenvalue weighted by atomic mass is 16.2. The van der Waals surface area contributed by atoms with Gasteiger partial charge in [0.15, 0.2) is 0 Å². The van der Waals surface area contributed by atoms with Gasteiger partial charge in [-0.15, -0.1) is 0 Å². The number of carbonyl (C=O) groups is 2. The molecule has 0 aromatic carbocycles. The summed E-state index contributed by atoms with van der Waals surface area (Å²) in [6.45, 7) is 55.8. The third-order valence-corrected chi connectivity index (χ3v) is 10.7. The van der Waals surface area contributed by atoms with Gasteiger partial charge in [-0.25, -0.2) is 0 Å². The summed E-state index contributed by atoms with van der Waals surface area (Å²) in [7, 11) is 1.55. The predicted octanol–water partition coefficient (Wildman–Crippen LogP) is 12.3. The molecule has 0 N–H and O–H groups in total. The Morgan fingerprint density at radius 3 is 0.732 bits per heavy atom. The van der Waals surface area contributed by atoms with Crippen LogP contribution in [-0.4, -0.2) is 23.8 Å². The molecule has 1 heterocycles. The Balaban J connectivity index is -0.000000221. The van der Waals surface area contributed by atoms with Crippen molar-refractivity contribution in [2.75, 3.05) is 7.05 Å². The van der Waals surface area contributed by atoms with Gasteiger partial charge in [0.25, 0.3) is 0 Å². The van der Waals surface area contributed by atoms with Gasteiger partial charge in [0.05, 0.1) is 5.92 Å². The second kappa shape index (κ2) is 15.7. The lowest BCUT2D eigenvalue weighted by atomic mass is 9.56. The SMILES string of the molecule is CC.CC(C)(C)C(C)(C)C.CC(C)(C)C(C)(C)C.CC(C)(C)C(C)(C)C(C)(C)C.CN1C(=O)CC(C(C)(C)C)C1=O. The van der Waals surface area contributed by atoms with E-state index in [9.17, 15) is 9.59 Å². The van der Waals surface area contributed by atoms with Crippen LogP contribution < -0.4 is 0 Å². The van der Waals surface area contributed by atoms with E-state index in [1.807, 2.05) is 34.6 Å². The van der Waals surface area contributed by atoms with Crippen molar-refractivity contribution in [1.82, 2.24) is 4.90 Å². The molecule has 3 nitrogen and oxygen atoms in total. The van der Waals surface area contributed by atoms with E-state index in [0.29, 0.717) is 44.3 Å². The monoisotopic (exact) mass is 584 g/mol. The number of carbonyl (C=O) groups excluding carboxylic acids is 2. The molecule has 1 aliphatic heterocycles. The third kappa shape index (κ3) is 16.5. The largest absolute Gasteiger partial charge is 0.285 e. The highest BCUT2D eigenvalue weighted by Crippen LogP contribution is 2.50. The fourth-order valence-corrected chi connectivity index (χ4v) is 2.56. The van der Waals surface area contributed by atoms with Gasteiger partial charge in [0.2, 0.25) is 11.8 Å². The first-order valence-corrected chi connectivity index (χ1v) is 16.1. The van der Waals surface area contributed by atoms with Crippen LogP contribution in [-0.2, 0) is 9.59 Å². The Kier molecular flexibility index (Phi) is 18.1. The van der Waals surface area contributed by atoms with E-state index in [-0.39, 0.29) is 23.1 Å². The summed E-state index contributed by atoms with van der Waals surface area (Å²) in [5.74, 6) is -0.220. The first-order chi connectivity index (χ1) is 17.3. The number of rotatable bonds is 0. The van der Waals surface area contributed by atoms with E-state index in [2.05, 4.69) is 138 Å². The zero-order valence-corrected chi connectivity index (χ0v) is 33.5. The van der Waals surface area contributed by atoms with Crippen LogP contribution in [0.1, 0.15) is 180 Å². The maximum atomic E-state index is 11.5. The van der Waals surface area contributed by atoms with Gasteiger partial charge in [-0.2, -0.15) is 0 Å². The molecule has 1 rings (SSSR count). The lowest BCUT2D eigenvalue weighted by Gasteiger charge is -2.49. The van der Waals surface area contributed by atoms with Crippen LogP contribution in [0.4, 0.5) is 0 Å². The number of likely N-dealkylation sites (tertiary alicyclic amines) is 1. The smallest absolute Gasteiger partial charge is 0.233 e. The molecular formula is C38H81NO2. The second-order valence-electron chi connectivity index (χ2n) is 19.5. The molecule has 0 aromatic rings. The fourth-order valence-electron chi connectivity index (χ4n) is 2.56. The maximum Gasteiger partial charge on any atom is 0.233 e. The molecule has 0 spiro atoms. The Labute approximate surface area is 261 Å². The van der Waals surface area contributed by atoms with Crippen LogP contribution in [0.25, 0.3) is 0 Å². The molecule has 0 bridgehead atoms. The summed E-state index contributed by atoms with van der Waals surface area (Å²) >= 11 is 0. The number of imide groups is 1. The second-order valence-corrected chi connectivity index (χ2v) is 19.5. The highest BCUT2D eigenvalue weighted by Gasteiger charge is 2.43. The molecule has 250 valence electrons. The molecule has 3 heteroatoms. The lowest BCUT2D eigenvalue weighted by molar-refractivity contribution is -0.138. The van der Waals surface area contributed by atoms with Crippen LogP contribution in [0.5, 0.6) is 0 Å². The third-order valence-electron chi connectivity index (χ3n) is 10.7. The van der Waals surface area contributed by atoms with Gasteiger partial charge in [0.1, 0.15) is 0 Å². The zero-order valence-electron chi connectivity index (χ0n) is 33.5. The first kappa shape index (κ1) is 47.1. The standard InChI is InChI=1S/C11H24.C9H15NO2.2C8H18.C2H6/c1-9(2,3)11(7,8)10(4,5)6;1-9(2,3)6-5-7(11)10(4)8(6)12;2*1-7(2,3)8(4,5)6;1-2/h1-8H3;6H,5H2,1-4H3;2*1-6H3;1-2H3. The van der Waals surface area contributed by atoms with E-state index in [1.165, 1.54) is 4.90 Å². The topological polar surface area (TPSA) is 37.4 Å². The summed E-state index contributed by atoms with van der Waals surface area (Å²) in [5, 5.41) is 0. The van der Waals surface area contributed by atoms with Gasteiger partial charge in [0, 0.05) is 13.5 Å². The molecule has 0 radical (unpaired) electrons. The Morgan fingerprint density at radius 2 is 0.683 bits per heavy atom. The van der Waals surface area contributed by atoms with Crippen LogP contribution >= 0.6 is 0 Å². The van der Waals surface area contributed by atoms with Gasteiger partial charge in [-0.05, 0) is 43.3 Å². The van der Waals surface area contributed by atoms with E-state index < -0.39 is 0 Å². The van der Waals surface area contributed by atoms with E-state index in [4.69, 9.17) is 0 Å². The van der Waals surface area contributed by atoms with Crippen LogP contribution in [0, 0.1) is 49.2 Å². The fraction of sp³-hybridized carbons (Fsp3) is 0.947. The molecule has 0 saturated carbocycles. The molecule has 1 unspecified atom stereocenters. The molecule has 0 aliphatic carbocycles. The zero-order chi connectivity index (χ0) is 35.0. The van der Waals surface area contributed by atoms with Crippen molar-refractivity contribution < 1.29 is 9.59 Å². The Hall–Kier alpha value is -0.860. The number of nitrogens with zero attached hydrogens (tertiary/aromatic N) is 1. The van der Waals surface area contributed by atoms with E-state index in [0.717, 1.165) is 0 Å². The average molecular weight is 584 g/mol. The average Bonchev–Trinajstić information content (AvgIpc) is 2.94. The maximum absolute atomic E-state index is 11.5. The van der Waals surface area contributed by atoms with Gasteiger partial charge >= 0.3 is 0 Å². The summed E-state index contributed by atoms with van der Waals surface area (Å²) < 4.78 is 0. The molecule has 0 aromatic heterocycles. The molecular weight excluding hydrogens is 502 g/mol. The summed E-state index contributed by atoms with van der Waals surface area (Å²) in [5.41, 5.74) is 2.79.